The summed E-state index contributed by atoms with van der Waals surface area (Å²) < 4.78 is 13.8. The Morgan fingerprint density at radius 3 is 3.00 bits per heavy atom. The summed E-state index contributed by atoms with van der Waals surface area (Å²) >= 11 is 7.37. The molecule has 1 aromatic rings. The second-order valence-electron chi connectivity index (χ2n) is 4.61. The quantitative estimate of drug-likeness (QED) is 0.871. The molecule has 98 valence electrons. The standard InChI is InChI=1S/C13H16ClFN2S/c1-8(2)10-6-7-18-13(16-10)17-11-5-3-4-9(14)12(11)15/h3-5,8,10H,6-7H2,1-2H3,(H,16,17). The average molecular weight is 287 g/mol. The van der Waals surface area contributed by atoms with Crippen molar-refractivity contribution in [1.82, 2.24) is 0 Å². The Hall–Kier alpha value is -0.740. The Morgan fingerprint density at radius 2 is 2.28 bits per heavy atom. The Labute approximate surface area is 116 Å². The lowest BCUT2D eigenvalue weighted by molar-refractivity contribution is 0.485. The van der Waals surface area contributed by atoms with Crippen molar-refractivity contribution in [3.05, 3.63) is 29.0 Å². The van der Waals surface area contributed by atoms with E-state index in [0.717, 1.165) is 17.3 Å². The first-order valence-corrected chi connectivity index (χ1v) is 7.36. The first-order valence-electron chi connectivity index (χ1n) is 5.99. The van der Waals surface area contributed by atoms with Crippen LogP contribution in [0.5, 0.6) is 0 Å². The van der Waals surface area contributed by atoms with Crippen LogP contribution in [0.1, 0.15) is 20.3 Å². The summed E-state index contributed by atoms with van der Waals surface area (Å²) in [4.78, 5) is 4.61. The van der Waals surface area contributed by atoms with E-state index in [0.29, 0.717) is 17.6 Å². The number of nitrogens with one attached hydrogen (secondary N) is 1. The van der Waals surface area contributed by atoms with E-state index >= 15 is 0 Å². The number of amidine groups is 1. The van der Waals surface area contributed by atoms with Crippen molar-refractivity contribution < 1.29 is 4.39 Å². The van der Waals surface area contributed by atoms with Gasteiger partial charge in [0.05, 0.1) is 16.8 Å². The number of thioether (sulfide) groups is 1. The number of aliphatic imine (C=N–C) groups is 1. The average Bonchev–Trinajstić information content (AvgIpc) is 2.35. The lowest BCUT2D eigenvalue weighted by atomic mass is 10.0. The smallest absolute Gasteiger partial charge is 0.165 e. The molecule has 2 rings (SSSR count). The van der Waals surface area contributed by atoms with Crippen LogP contribution in [0.25, 0.3) is 0 Å². The SMILES string of the molecule is CC(C)C1CCSC(Nc2cccc(Cl)c2F)=N1. The van der Waals surface area contributed by atoms with Crippen LogP contribution < -0.4 is 5.32 Å². The van der Waals surface area contributed by atoms with Gasteiger partial charge in [0.1, 0.15) is 0 Å². The van der Waals surface area contributed by atoms with Crippen molar-refractivity contribution in [2.24, 2.45) is 10.9 Å². The molecule has 1 N–H and O–H groups in total. The van der Waals surface area contributed by atoms with Crippen LogP contribution in [0.3, 0.4) is 0 Å². The van der Waals surface area contributed by atoms with Gasteiger partial charge in [-0.25, -0.2) is 4.39 Å². The number of halogens is 2. The molecule has 0 radical (unpaired) electrons. The third kappa shape index (κ3) is 3.18. The highest BCUT2D eigenvalue weighted by Gasteiger charge is 2.19. The molecule has 2 nitrogen and oxygen atoms in total. The van der Waals surface area contributed by atoms with E-state index in [1.54, 1.807) is 23.9 Å². The summed E-state index contributed by atoms with van der Waals surface area (Å²) in [7, 11) is 0. The van der Waals surface area contributed by atoms with Gasteiger partial charge in [-0.15, -0.1) is 0 Å². The fraction of sp³-hybridized carbons (Fsp3) is 0.462. The van der Waals surface area contributed by atoms with Crippen molar-refractivity contribution >= 4 is 34.2 Å². The van der Waals surface area contributed by atoms with Gasteiger partial charge in [-0.2, -0.15) is 0 Å². The molecule has 0 saturated carbocycles. The highest BCUT2D eigenvalue weighted by atomic mass is 35.5. The molecule has 0 fully saturated rings. The minimum atomic E-state index is -0.422. The Kier molecular flexibility index (Phi) is 4.51. The molecular weight excluding hydrogens is 271 g/mol. The molecule has 0 amide bonds. The fourth-order valence-corrected chi connectivity index (χ4v) is 2.91. The highest BCUT2D eigenvalue weighted by Crippen LogP contribution is 2.26. The van der Waals surface area contributed by atoms with E-state index in [2.05, 4.69) is 24.2 Å². The first kappa shape index (κ1) is 13.7. The van der Waals surface area contributed by atoms with Crippen LogP contribution in [0.2, 0.25) is 5.02 Å². The third-order valence-electron chi connectivity index (χ3n) is 2.90. The van der Waals surface area contributed by atoms with Crippen LogP contribution in [-0.4, -0.2) is 17.0 Å². The number of nitrogens with zero attached hydrogens (tertiary/aromatic N) is 1. The van der Waals surface area contributed by atoms with E-state index in [1.807, 2.05) is 0 Å². The molecule has 0 aromatic heterocycles. The van der Waals surface area contributed by atoms with Crippen LogP contribution >= 0.6 is 23.4 Å². The van der Waals surface area contributed by atoms with E-state index < -0.39 is 5.82 Å². The van der Waals surface area contributed by atoms with Gasteiger partial charge in [0.25, 0.3) is 0 Å². The third-order valence-corrected chi connectivity index (χ3v) is 4.11. The van der Waals surface area contributed by atoms with Crippen molar-refractivity contribution in [1.29, 1.82) is 0 Å². The molecule has 1 aromatic carbocycles. The number of anilines is 1. The maximum absolute atomic E-state index is 13.8. The number of hydrogen-bond acceptors (Lipinski definition) is 3. The molecule has 1 atom stereocenters. The minimum Gasteiger partial charge on any atom is -0.333 e. The molecule has 5 heteroatoms. The minimum absolute atomic E-state index is 0.127. The van der Waals surface area contributed by atoms with Crippen molar-refractivity contribution in [3.63, 3.8) is 0 Å². The molecule has 1 unspecified atom stereocenters. The molecule has 0 spiro atoms. The molecule has 1 aliphatic rings. The van der Waals surface area contributed by atoms with Crippen LogP contribution in [0, 0.1) is 11.7 Å². The largest absolute Gasteiger partial charge is 0.333 e. The van der Waals surface area contributed by atoms with Crippen molar-refractivity contribution in [2.75, 3.05) is 11.1 Å². The summed E-state index contributed by atoms with van der Waals surface area (Å²) in [5.74, 6) is 1.10. The van der Waals surface area contributed by atoms with Crippen LogP contribution in [0.15, 0.2) is 23.2 Å². The van der Waals surface area contributed by atoms with Gasteiger partial charge in [0.2, 0.25) is 0 Å². The van der Waals surface area contributed by atoms with Gasteiger partial charge in [0.15, 0.2) is 11.0 Å². The monoisotopic (exact) mass is 286 g/mol. The van der Waals surface area contributed by atoms with Gasteiger partial charge >= 0.3 is 0 Å². The lowest BCUT2D eigenvalue weighted by Crippen LogP contribution is -2.24. The van der Waals surface area contributed by atoms with E-state index in [9.17, 15) is 4.39 Å². The molecular formula is C13H16ClFN2S. The number of benzene rings is 1. The van der Waals surface area contributed by atoms with Crippen molar-refractivity contribution in [2.45, 2.75) is 26.3 Å². The highest BCUT2D eigenvalue weighted by molar-refractivity contribution is 8.14. The molecule has 0 aliphatic carbocycles. The van der Waals surface area contributed by atoms with Gasteiger partial charge in [-0.1, -0.05) is 43.3 Å². The summed E-state index contributed by atoms with van der Waals surface area (Å²) in [6.45, 7) is 4.31. The zero-order valence-corrected chi connectivity index (χ0v) is 12.0. The Morgan fingerprint density at radius 1 is 1.50 bits per heavy atom. The Bertz CT molecular complexity index is 462. The number of hydrogen-bond donors (Lipinski definition) is 1. The van der Waals surface area contributed by atoms with E-state index in [1.165, 1.54) is 6.07 Å². The van der Waals surface area contributed by atoms with Crippen LogP contribution in [0.4, 0.5) is 10.1 Å². The molecule has 1 heterocycles. The zero-order chi connectivity index (χ0) is 13.1. The summed E-state index contributed by atoms with van der Waals surface area (Å²) in [5.41, 5.74) is 0.387. The van der Waals surface area contributed by atoms with Gasteiger partial charge in [0, 0.05) is 5.75 Å². The van der Waals surface area contributed by atoms with Crippen molar-refractivity contribution in [3.8, 4) is 0 Å². The topological polar surface area (TPSA) is 24.4 Å². The molecule has 0 bridgehead atoms. The predicted octanol–water partition coefficient (Wildman–Crippen LogP) is 4.41. The fourth-order valence-electron chi connectivity index (χ4n) is 1.80. The molecule has 1 aliphatic heterocycles. The maximum atomic E-state index is 13.8. The second-order valence-corrected chi connectivity index (χ2v) is 6.10. The van der Waals surface area contributed by atoms with Gasteiger partial charge in [-0.05, 0) is 24.5 Å². The zero-order valence-electron chi connectivity index (χ0n) is 10.4. The van der Waals surface area contributed by atoms with E-state index in [-0.39, 0.29) is 5.02 Å². The lowest BCUT2D eigenvalue weighted by Gasteiger charge is -2.23. The van der Waals surface area contributed by atoms with Gasteiger partial charge in [-0.3, -0.25) is 4.99 Å². The van der Waals surface area contributed by atoms with E-state index in [4.69, 9.17) is 11.6 Å². The summed E-state index contributed by atoms with van der Waals surface area (Å²) in [6, 6.07) is 5.25. The van der Waals surface area contributed by atoms with Crippen LogP contribution in [-0.2, 0) is 0 Å². The predicted molar refractivity (Wildman–Crippen MR) is 78.2 cm³/mol. The summed E-state index contributed by atoms with van der Waals surface area (Å²) in [5, 5.41) is 3.93. The van der Waals surface area contributed by atoms with Gasteiger partial charge < -0.3 is 5.32 Å². The molecule has 18 heavy (non-hydrogen) atoms. The molecule has 0 saturated heterocycles. The maximum Gasteiger partial charge on any atom is 0.165 e. The Balaban J connectivity index is 2.16. The second kappa shape index (κ2) is 5.93. The first-order chi connectivity index (χ1) is 8.58. The summed E-state index contributed by atoms with van der Waals surface area (Å²) in [6.07, 6.45) is 1.07. The normalized spacial score (nSPS) is 19.8. The number of rotatable bonds is 2.